The molecule has 7 heteroatoms. The van der Waals surface area contributed by atoms with Gasteiger partial charge in [-0.25, -0.2) is 5.43 Å². The lowest BCUT2D eigenvalue weighted by Crippen LogP contribution is -2.34. The molecular weight excluding hydrogens is 314 g/mol. The van der Waals surface area contributed by atoms with Crippen molar-refractivity contribution in [3.63, 3.8) is 0 Å². The minimum atomic E-state index is -0.403. The van der Waals surface area contributed by atoms with Crippen molar-refractivity contribution in [2.75, 3.05) is 13.2 Å². The van der Waals surface area contributed by atoms with E-state index >= 15 is 0 Å². The number of carbonyl (C=O) groups is 2. The van der Waals surface area contributed by atoms with E-state index in [2.05, 4.69) is 15.8 Å². The van der Waals surface area contributed by atoms with Gasteiger partial charge in [0.15, 0.2) is 0 Å². The Kier molecular flexibility index (Phi) is 6.31. The lowest BCUT2D eigenvalue weighted by atomic mass is 10.2. The molecule has 0 radical (unpaired) electrons. The van der Waals surface area contributed by atoms with Crippen LogP contribution >= 0.6 is 11.3 Å². The summed E-state index contributed by atoms with van der Waals surface area (Å²) in [5, 5.41) is 8.20. The van der Waals surface area contributed by atoms with Crippen LogP contribution in [0.15, 0.2) is 46.9 Å². The summed E-state index contributed by atoms with van der Waals surface area (Å²) in [6, 6.07) is 10.8. The number of nitrogens with zero attached hydrogens (tertiary/aromatic N) is 1. The van der Waals surface area contributed by atoms with Crippen molar-refractivity contribution >= 4 is 29.4 Å². The minimum absolute atomic E-state index is 0.138. The van der Waals surface area contributed by atoms with E-state index in [9.17, 15) is 9.59 Å². The lowest BCUT2D eigenvalue weighted by Gasteiger charge is -2.06. The highest BCUT2D eigenvalue weighted by Gasteiger charge is 2.08. The molecule has 1 aromatic carbocycles. The van der Waals surface area contributed by atoms with Crippen molar-refractivity contribution in [3.8, 4) is 5.75 Å². The first-order chi connectivity index (χ1) is 11.2. The first-order valence-corrected chi connectivity index (χ1v) is 7.94. The number of ether oxygens (including phenoxy) is 1. The number of rotatable bonds is 7. The molecule has 2 amide bonds. The summed E-state index contributed by atoms with van der Waals surface area (Å²) in [4.78, 5) is 23.9. The molecule has 1 heterocycles. The zero-order chi connectivity index (χ0) is 16.5. The van der Waals surface area contributed by atoms with Crippen molar-refractivity contribution < 1.29 is 14.3 Å². The van der Waals surface area contributed by atoms with Crippen LogP contribution in [0.4, 0.5) is 0 Å². The maximum absolute atomic E-state index is 11.7. The quantitative estimate of drug-likeness (QED) is 0.602. The normalized spacial score (nSPS) is 10.5. The van der Waals surface area contributed by atoms with Crippen LogP contribution in [0.25, 0.3) is 0 Å². The third-order valence-electron chi connectivity index (χ3n) is 2.77. The molecule has 1 aromatic heterocycles. The molecule has 120 valence electrons. The zero-order valence-corrected chi connectivity index (χ0v) is 13.4. The van der Waals surface area contributed by atoms with E-state index in [-0.39, 0.29) is 12.5 Å². The molecule has 0 fully saturated rings. The van der Waals surface area contributed by atoms with Crippen LogP contribution in [-0.4, -0.2) is 31.2 Å². The SMILES string of the molecule is CCOc1ccccc1/C=N\NC(=O)CNC(=O)c1cccs1. The van der Waals surface area contributed by atoms with Gasteiger partial charge in [-0.05, 0) is 30.5 Å². The number of benzene rings is 1. The third kappa shape index (κ3) is 5.23. The maximum atomic E-state index is 11.7. The summed E-state index contributed by atoms with van der Waals surface area (Å²) in [5.41, 5.74) is 3.13. The Labute approximate surface area is 138 Å². The predicted molar refractivity (Wildman–Crippen MR) is 90.0 cm³/mol. The third-order valence-corrected chi connectivity index (χ3v) is 3.63. The van der Waals surface area contributed by atoms with Gasteiger partial charge in [0, 0.05) is 5.56 Å². The predicted octanol–water partition coefficient (Wildman–Crippen LogP) is 2.03. The molecule has 0 aliphatic rings. The molecule has 0 saturated carbocycles. The molecule has 0 spiro atoms. The molecule has 6 nitrogen and oxygen atoms in total. The Morgan fingerprint density at radius 2 is 2.09 bits per heavy atom. The van der Waals surface area contributed by atoms with Gasteiger partial charge in [0.2, 0.25) is 0 Å². The maximum Gasteiger partial charge on any atom is 0.261 e. The van der Waals surface area contributed by atoms with Crippen LogP contribution in [0.1, 0.15) is 22.2 Å². The van der Waals surface area contributed by atoms with Crippen LogP contribution in [-0.2, 0) is 4.79 Å². The van der Waals surface area contributed by atoms with Crippen LogP contribution < -0.4 is 15.5 Å². The molecule has 0 atom stereocenters. The molecule has 2 N–H and O–H groups in total. The van der Waals surface area contributed by atoms with Gasteiger partial charge in [-0.2, -0.15) is 5.10 Å². The number of amides is 2. The van der Waals surface area contributed by atoms with Crippen LogP contribution in [0.2, 0.25) is 0 Å². The molecule has 23 heavy (non-hydrogen) atoms. The second-order valence-corrected chi connectivity index (χ2v) is 5.37. The standard InChI is InChI=1S/C16H17N3O3S/c1-2-22-13-7-4-3-6-12(13)10-18-19-15(20)11-17-16(21)14-8-5-9-23-14/h3-10H,2,11H2,1H3,(H,17,21)(H,19,20)/b18-10-. The Balaban J connectivity index is 1.81. The van der Waals surface area contributed by atoms with E-state index in [4.69, 9.17) is 4.74 Å². The van der Waals surface area contributed by atoms with E-state index in [1.54, 1.807) is 17.5 Å². The summed E-state index contributed by atoms with van der Waals surface area (Å²) in [7, 11) is 0. The summed E-state index contributed by atoms with van der Waals surface area (Å²) in [6.07, 6.45) is 1.50. The van der Waals surface area contributed by atoms with Gasteiger partial charge in [-0.15, -0.1) is 11.3 Å². The first kappa shape index (κ1) is 16.7. The average Bonchev–Trinajstić information content (AvgIpc) is 3.09. The molecule has 0 aliphatic carbocycles. The first-order valence-electron chi connectivity index (χ1n) is 7.06. The van der Waals surface area contributed by atoms with Gasteiger partial charge in [-0.3, -0.25) is 9.59 Å². The Bertz CT molecular complexity index is 684. The average molecular weight is 331 g/mol. The Morgan fingerprint density at radius 3 is 2.83 bits per heavy atom. The van der Waals surface area contributed by atoms with E-state index in [1.165, 1.54) is 17.6 Å². The number of hydrogen-bond donors (Lipinski definition) is 2. The molecule has 0 bridgehead atoms. The Morgan fingerprint density at radius 1 is 1.26 bits per heavy atom. The largest absolute Gasteiger partial charge is 0.493 e. The highest BCUT2D eigenvalue weighted by molar-refractivity contribution is 7.12. The smallest absolute Gasteiger partial charge is 0.261 e. The van der Waals surface area contributed by atoms with Gasteiger partial charge in [0.05, 0.1) is 24.2 Å². The number of nitrogens with one attached hydrogen (secondary N) is 2. The number of thiophene rings is 1. The van der Waals surface area contributed by atoms with E-state index in [1.807, 2.05) is 31.2 Å². The van der Waals surface area contributed by atoms with Gasteiger partial charge in [0.1, 0.15) is 5.75 Å². The molecule has 2 aromatic rings. The Hall–Kier alpha value is -2.67. The number of hydrazone groups is 1. The van der Waals surface area contributed by atoms with Crippen LogP contribution in [0.3, 0.4) is 0 Å². The highest BCUT2D eigenvalue weighted by Crippen LogP contribution is 2.15. The van der Waals surface area contributed by atoms with Gasteiger partial charge in [-0.1, -0.05) is 18.2 Å². The second kappa shape index (κ2) is 8.70. The van der Waals surface area contributed by atoms with Crippen molar-refractivity contribution in [1.29, 1.82) is 0 Å². The molecule has 2 rings (SSSR count). The molecule has 0 aliphatic heterocycles. The molecule has 0 saturated heterocycles. The van der Waals surface area contributed by atoms with E-state index in [0.29, 0.717) is 17.2 Å². The van der Waals surface area contributed by atoms with Crippen molar-refractivity contribution in [2.24, 2.45) is 5.10 Å². The van der Waals surface area contributed by atoms with Gasteiger partial charge >= 0.3 is 0 Å². The molecule has 0 unspecified atom stereocenters. The zero-order valence-electron chi connectivity index (χ0n) is 12.6. The van der Waals surface area contributed by atoms with Crippen molar-refractivity contribution in [1.82, 2.24) is 10.7 Å². The lowest BCUT2D eigenvalue weighted by molar-refractivity contribution is -0.120. The fraction of sp³-hybridized carbons (Fsp3) is 0.188. The second-order valence-electron chi connectivity index (χ2n) is 4.42. The highest BCUT2D eigenvalue weighted by atomic mass is 32.1. The topological polar surface area (TPSA) is 79.8 Å². The van der Waals surface area contributed by atoms with Crippen molar-refractivity contribution in [2.45, 2.75) is 6.92 Å². The van der Waals surface area contributed by atoms with E-state index < -0.39 is 5.91 Å². The fourth-order valence-corrected chi connectivity index (χ4v) is 2.38. The summed E-state index contributed by atoms with van der Waals surface area (Å²) >= 11 is 1.32. The van der Waals surface area contributed by atoms with Gasteiger partial charge in [0.25, 0.3) is 11.8 Å². The number of hydrogen-bond acceptors (Lipinski definition) is 5. The van der Waals surface area contributed by atoms with Crippen LogP contribution in [0.5, 0.6) is 5.75 Å². The van der Waals surface area contributed by atoms with Crippen LogP contribution in [0, 0.1) is 0 Å². The van der Waals surface area contributed by atoms with Gasteiger partial charge < -0.3 is 10.1 Å². The molecular formula is C16H17N3O3S. The van der Waals surface area contributed by atoms with Crippen molar-refractivity contribution in [3.05, 3.63) is 52.2 Å². The van der Waals surface area contributed by atoms with E-state index in [0.717, 1.165) is 5.56 Å². The number of carbonyl (C=O) groups excluding carboxylic acids is 2. The monoisotopic (exact) mass is 331 g/mol. The number of para-hydroxylation sites is 1. The summed E-state index contributed by atoms with van der Waals surface area (Å²) in [6.45, 7) is 2.30. The summed E-state index contributed by atoms with van der Waals surface area (Å²) < 4.78 is 5.46. The summed E-state index contributed by atoms with van der Waals surface area (Å²) in [5.74, 6) is 0.0138. The fourth-order valence-electron chi connectivity index (χ4n) is 1.74. The minimum Gasteiger partial charge on any atom is -0.493 e.